The summed E-state index contributed by atoms with van der Waals surface area (Å²) in [6.45, 7) is 3.19. The van der Waals surface area contributed by atoms with Gasteiger partial charge in [0.05, 0.1) is 0 Å². The van der Waals surface area contributed by atoms with Gasteiger partial charge in [0.2, 0.25) is 11.8 Å². The van der Waals surface area contributed by atoms with Gasteiger partial charge in [-0.3, -0.25) is 9.59 Å². The highest BCUT2D eigenvalue weighted by molar-refractivity contribution is 5.92. The summed E-state index contributed by atoms with van der Waals surface area (Å²) in [5.41, 5.74) is 2.51. The fraction of sp³-hybridized carbons (Fsp3) is 0.333. The first-order chi connectivity index (χ1) is 12.5. The van der Waals surface area contributed by atoms with E-state index in [1.165, 1.54) is 12.1 Å². The standard InChI is InChI=1S/C21H23FN2O2/c1-15(11-16-5-2-7-18(22)12-16)21(26)23-19-8-3-6-17(13-19)14-24-10-4-9-20(24)25/h2-3,5-8,12-13,15H,4,9-11,14H2,1H3,(H,23,26). The van der Waals surface area contributed by atoms with Crippen LogP contribution >= 0.6 is 0 Å². The van der Waals surface area contributed by atoms with Crippen molar-refractivity contribution in [2.24, 2.45) is 5.92 Å². The molecule has 0 radical (unpaired) electrons. The van der Waals surface area contributed by atoms with E-state index in [2.05, 4.69) is 5.32 Å². The Bertz CT molecular complexity index is 806. The molecule has 4 nitrogen and oxygen atoms in total. The highest BCUT2D eigenvalue weighted by Crippen LogP contribution is 2.18. The van der Waals surface area contributed by atoms with Crippen molar-refractivity contribution in [2.75, 3.05) is 11.9 Å². The molecule has 1 aliphatic rings. The summed E-state index contributed by atoms with van der Waals surface area (Å²) < 4.78 is 13.3. The number of carbonyl (C=O) groups is 2. The first kappa shape index (κ1) is 18.1. The van der Waals surface area contributed by atoms with E-state index in [0.717, 1.165) is 24.1 Å². The molecule has 0 saturated carbocycles. The van der Waals surface area contributed by atoms with Crippen molar-refractivity contribution >= 4 is 17.5 Å². The summed E-state index contributed by atoms with van der Waals surface area (Å²) in [5, 5.41) is 2.92. The van der Waals surface area contributed by atoms with Crippen LogP contribution in [0.5, 0.6) is 0 Å². The average molecular weight is 354 g/mol. The molecule has 1 N–H and O–H groups in total. The van der Waals surface area contributed by atoms with Crippen molar-refractivity contribution < 1.29 is 14.0 Å². The summed E-state index contributed by atoms with van der Waals surface area (Å²) in [7, 11) is 0. The van der Waals surface area contributed by atoms with E-state index in [1.807, 2.05) is 42.2 Å². The van der Waals surface area contributed by atoms with Gasteiger partial charge in [0.15, 0.2) is 0 Å². The summed E-state index contributed by atoms with van der Waals surface area (Å²) in [4.78, 5) is 26.0. The van der Waals surface area contributed by atoms with Crippen molar-refractivity contribution in [3.05, 3.63) is 65.5 Å². The molecule has 0 aliphatic carbocycles. The second-order valence-electron chi connectivity index (χ2n) is 6.84. The van der Waals surface area contributed by atoms with Crippen LogP contribution in [0.3, 0.4) is 0 Å². The molecular formula is C21H23FN2O2. The van der Waals surface area contributed by atoms with Crippen LogP contribution in [0.25, 0.3) is 0 Å². The fourth-order valence-electron chi connectivity index (χ4n) is 3.21. The number of hydrogen-bond donors (Lipinski definition) is 1. The number of anilines is 1. The van der Waals surface area contributed by atoms with Crippen molar-refractivity contribution in [3.8, 4) is 0 Å². The summed E-state index contributed by atoms with van der Waals surface area (Å²) >= 11 is 0. The predicted molar refractivity (Wildman–Crippen MR) is 99.0 cm³/mol. The number of carbonyl (C=O) groups excluding carboxylic acids is 2. The smallest absolute Gasteiger partial charge is 0.227 e. The van der Waals surface area contributed by atoms with Crippen LogP contribution in [0.2, 0.25) is 0 Å². The third-order valence-electron chi connectivity index (χ3n) is 4.62. The maximum absolute atomic E-state index is 13.3. The molecule has 2 amide bonds. The molecule has 1 heterocycles. The largest absolute Gasteiger partial charge is 0.338 e. The Hall–Kier alpha value is -2.69. The first-order valence-corrected chi connectivity index (χ1v) is 8.93. The molecule has 0 aromatic heterocycles. The normalized spacial score (nSPS) is 15.2. The van der Waals surface area contributed by atoms with Gasteiger partial charge in [-0.2, -0.15) is 0 Å². The number of benzene rings is 2. The van der Waals surface area contributed by atoms with Gasteiger partial charge in [0, 0.05) is 31.1 Å². The zero-order valence-corrected chi connectivity index (χ0v) is 14.9. The molecule has 1 atom stereocenters. The maximum Gasteiger partial charge on any atom is 0.227 e. The Labute approximate surface area is 153 Å². The molecule has 2 aromatic rings. The predicted octanol–water partition coefficient (Wildman–Crippen LogP) is 3.77. The van der Waals surface area contributed by atoms with Gasteiger partial charge in [-0.05, 0) is 48.2 Å². The van der Waals surface area contributed by atoms with Crippen molar-refractivity contribution in [1.29, 1.82) is 0 Å². The van der Waals surface area contributed by atoms with Gasteiger partial charge in [-0.25, -0.2) is 4.39 Å². The van der Waals surface area contributed by atoms with Crippen LogP contribution in [0, 0.1) is 11.7 Å². The molecule has 1 saturated heterocycles. The third-order valence-corrected chi connectivity index (χ3v) is 4.62. The van der Waals surface area contributed by atoms with Gasteiger partial charge in [-0.15, -0.1) is 0 Å². The Kier molecular flexibility index (Phi) is 5.66. The Morgan fingerprint density at radius 2 is 1.96 bits per heavy atom. The summed E-state index contributed by atoms with van der Waals surface area (Å²) in [6.07, 6.45) is 2.01. The number of likely N-dealkylation sites (tertiary alicyclic amines) is 1. The van der Waals surface area contributed by atoms with Crippen molar-refractivity contribution in [3.63, 3.8) is 0 Å². The zero-order chi connectivity index (χ0) is 18.5. The molecular weight excluding hydrogens is 331 g/mol. The molecule has 1 aliphatic heterocycles. The zero-order valence-electron chi connectivity index (χ0n) is 14.9. The van der Waals surface area contributed by atoms with E-state index in [0.29, 0.717) is 25.1 Å². The first-order valence-electron chi connectivity index (χ1n) is 8.93. The average Bonchev–Trinajstić information content (AvgIpc) is 3.00. The van der Waals surface area contributed by atoms with Crippen molar-refractivity contribution in [2.45, 2.75) is 32.7 Å². The lowest BCUT2D eigenvalue weighted by Gasteiger charge is -2.17. The third kappa shape index (κ3) is 4.69. The lowest BCUT2D eigenvalue weighted by atomic mass is 10.00. The van der Waals surface area contributed by atoms with E-state index >= 15 is 0 Å². The second-order valence-corrected chi connectivity index (χ2v) is 6.84. The fourth-order valence-corrected chi connectivity index (χ4v) is 3.21. The summed E-state index contributed by atoms with van der Waals surface area (Å²) in [5.74, 6) is -0.494. The van der Waals surface area contributed by atoms with Crippen LogP contribution in [-0.2, 0) is 22.6 Å². The highest BCUT2D eigenvalue weighted by Gasteiger charge is 2.20. The Morgan fingerprint density at radius 1 is 1.19 bits per heavy atom. The van der Waals surface area contributed by atoms with Gasteiger partial charge >= 0.3 is 0 Å². The summed E-state index contributed by atoms with van der Waals surface area (Å²) in [6, 6.07) is 13.9. The van der Waals surface area contributed by atoms with Crippen LogP contribution in [-0.4, -0.2) is 23.3 Å². The lowest BCUT2D eigenvalue weighted by molar-refractivity contribution is -0.128. The van der Waals surface area contributed by atoms with Gasteiger partial charge < -0.3 is 10.2 Å². The molecule has 136 valence electrons. The molecule has 2 aromatic carbocycles. The number of amides is 2. The van der Waals surface area contributed by atoms with E-state index < -0.39 is 0 Å². The topological polar surface area (TPSA) is 49.4 Å². The van der Waals surface area contributed by atoms with E-state index in [4.69, 9.17) is 0 Å². The quantitative estimate of drug-likeness (QED) is 0.859. The van der Waals surface area contributed by atoms with Crippen LogP contribution < -0.4 is 5.32 Å². The minimum Gasteiger partial charge on any atom is -0.338 e. The Morgan fingerprint density at radius 3 is 2.69 bits per heavy atom. The molecule has 0 bridgehead atoms. The van der Waals surface area contributed by atoms with Crippen LogP contribution in [0.4, 0.5) is 10.1 Å². The SMILES string of the molecule is CC(Cc1cccc(F)c1)C(=O)Nc1cccc(CN2CCCC2=O)c1. The molecule has 1 unspecified atom stereocenters. The molecule has 5 heteroatoms. The number of rotatable bonds is 6. The maximum atomic E-state index is 13.3. The van der Waals surface area contributed by atoms with E-state index in [1.54, 1.807) is 6.07 Å². The van der Waals surface area contributed by atoms with Gasteiger partial charge in [0.1, 0.15) is 5.82 Å². The van der Waals surface area contributed by atoms with Gasteiger partial charge in [0.25, 0.3) is 0 Å². The minimum atomic E-state index is -0.292. The van der Waals surface area contributed by atoms with E-state index in [9.17, 15) is 14.0 Å². The number of hydrogen-bond acceptors (Lipinski definition) is 2. The minimum absolute atomic E-state index is 0.108. The van der Waals surface area contributed by atoms with E-state index in [-0.39, 0.29) is 23.5 Å². The van der Waals surface area contributed by atoms with Gasteiger partial charge in [-0.1, -0.05) is 31.2 Å². The number of halogens is 1. The molecule has 1 fully saturated rings. The van der Waals surface area contributed by atoms with Crippen molar-refractivity contribution in [1.82, 2.24) is 4.90 Å². The number of nitrogens with one attached hydrogen (secondary N) is 1. The Balaban J connectivity index is 1.60. The highest BCUT2D eigenvalue weighted by atomic mass is 19.1. The molecule has 26 heavy (non-hydrogen) atoms. The molecule has 0 spiro atoms. The van der Waals surface area contributed by atoms with Crippen LogP contribution in [0.1, 0.15) is 30.9 Å². The number of nitrogens with zero attached hydrogens (tertiary/aromatic N) is 1. The molecule has 3 rings (SSSR count). The van der Waals surface area contributed by atoms with Crippen LogP contribution in [0.15, 0.2) is 48.5 Å². The monoisotopic (exact) mass is 354 g/mol. The lowest BCUT2D eigenvalue weighted by Crippen LogP contribution is -2.24. The second kappa shape index (κ2) is 8.13.